The number of aliphatic hydroxyl groups is 5. The second kappa shape index (κ2) is 18.8. The molecule has 2 fully saturated rings. The Morgan fingerprint density at radius 1 is 0.625 bits per heavy atom. The van der Waals surface area contributed by atoms with Gasteiger partial charge >= 0.3 is 17.9 Å². The third-order valence-corrected chi connectivity index (χ3v) is 8.65. The molecule has 17 nitrogen and oxygen atoms in total. The summed E-state index contributed by atoms with van der Waals surface area (Å²) >= 11 is 0. The molecule has 8 N–H and O–H groups in total. The van der Waals surface area contributed by atoms with E-state index < -0.39 is 92.5 Å². The van der Waals surface area contributed by atoms with Gasteiger partial charge in [0.2, 0.25) is 12.1 Å². The van der Waals surface area contributed by atoms with Gasteiger partial charge < -0.3 is 69.3 Å². The zero-order valence-corrected chi connectivity index (χ0v) is 29.4. The van der Waals surface area contributed by atoms with E-state index >= 15 is 0 Å². The normalized spacial score (nSPS) is 27.8. The molecule has 0 bridgehead atoms. The van der Waals surface area contributed by atoms with Gasteiger partial charge in [-0.05, 0) is 71.3 Å². The Morgan fingerprint density at radius 2 is 1.07 bits per heavy atom. The van der Waals surface area contributed by atoms with Crippen molar-refractivity contribution in [1.82, 2.24) is 0 Å². The first kappa shape index (κ1) is 41.5. The summed E-state index contributed by atoms with van der Waals surface area (Å²) < 4.78 is 33.4. The highest BCUT2D eigenvalue weighted by Crippen LogP contribution is 2.38. The zero-order chi connectivity index (χ0) is 40.4. The number of carbonyl (C=O) groups is 3. The van der Waals surface area contributed by atoms with Crippen LogP contribution in [0.1, 0.15) is 16.7 Å². The van der Waals surface area contributed by atoms with E-state index in [0.717, 1.165) is 18.2 Å². The van der Waals surface area contributed by atoms with E-state index in [1.54, 1.807) is 0 Å². The first-order valence-electron chi connectivity index (χ1n) is 17.1. The third-order valence-electron chi connectivity index (χ3n) is 8.65. The molecule has 17 heteroatoms. The van der Waals surface area contributed by atoms with Crippen molar-refractivity contribution < 1.29 is 83.7 Å². The number of phenolic OH excluding ortho intramolecular Hbond substituents is 3. The Morgan fingerprint density at radius 3 is 1.52 bits per heavy atom. The van der Waals surface area contributed by atoms with Crippen molar-refractivity contribution in [2.75, 3.05) is 19.8 Å². The predicted octanol–water partition coefficient (Wildman–Crippen LogP) is 0.514. The molecule has 2 heterocycles. The average Bonchev–Trinajstić information content (AvgIpc) is 3.45. The number of hydrogen-bond acceptors (Lipinski definition) is 17. The topological polar surface area (TPSA) is 268 Å². The molecule has 9 atom stereocenters. The summed E-state index contributed by atoms with van der Waals surface area (Å²) in [6, 6.07) is 17.4. The van der Waals surface area contributed by atoms with Gasteiger partial charge in [-0.3, -0.25) is 0 Å². The van der Waals surface area contributed by atoms with Gasteiger partial charge in [-0.1, -0.05) is 36.4 Å². The molecular formula is C39H40O17. The highest BCUT2D eigenvalue weighted by Gasteiger charge is 2.60. The van der Waals surface area contributed by atoms with Crippen LogP contribution in [0, 0.1) is 0 Å². The number of aromatic hydroxyl groups is 3. The number of ether oxygens (including phenoxy) is 6. The van der Waals surface area contributed by atoms with Gasteiger partial charge in [0.25, 0.3) is 0 Å². The molecule has 2 aliphatic heterocycles. The first-order valence-corrected chi connectivity index (χ1v) is 17.1. The van der Waals surface area contributed by atoms with Crippen molar-refractivity contribution in [3.8, 4) is 17.2 Å². The van der Waals surface area contributed by atoms with Crippen molar-refractivity contribution in [2.24, 2.45) is 0 Å². The minimum atomic E-state index is -2.56. The van der Waals surface area contributed by atoms with Crippen molar-refractivity contribution in [2.45, 2.75) is 54.8 Å². The highest BCUT2D eigenvalue weighted by molar-refractivity contribution is 5.88. The van der Waals surface area contributed by atoms with Gasteiger partial charge in [0, 0.05) is 18.2 Å². The molecule has 56 heavy (non-hydrogen) atoms. The molecule has 298 valence electrons. The molecule has 2 saturated heterocycles. The molecule has 0 aliphatic carbocycles. The van der Waals surface area contributed by atoms with Crippen LogP contribution in [0.25, 0.3) is 18.2 Å². The van der Waals surface area contributed by atoms with Gasteiger partial charge in [-0.2, -0.15) is 0 Å². The van der Waals surface area contributed by atoms with Crippen molar-refractivity contribution >= 4 is 36.1 Å². The molecule has 3 aromatic carbocycles. The van der Waals surface area contributed by atoms with E-state index in [9.17, 15) is 55.2 Å². The molecule has 3 aromatic rings. The average molecular weight is 781 g/mol. The van der Waals surface area contributed by atoms with Gasteiger partial charge in [-0.15, -0.1) is 0 Å². The fourth-order valence-electron chi connectivity index (χ4n) is 5.66. The minimum Gasteiger partial charge on any atom is -0.508 e. The van der Waals surface area contributed by atoms with Crippen LogP contribution in [0.5, 0.6) is 17.2 Å². The summed E-state index contributed by atoms with van der Waals surface area (Å²) in [6.07, 6.45) is -7.45. The monoisotopic (exact) mass is 780 g/mol. The van der Waals surface area contributed by atoms with E-state index in [4.69, 9.17) is 28.4 Å². The lowest BCUT2D eigenvalue weighted by Crippen LogP contribution is -2.63. The molecular weight excluding hydrogens is 740 g/mol. The van der Waals surface area contributed by atoms with E-state index in [1.807, 2.05) is 0 Å². The largest absolute Gasteiger partial charge is 0.508 e. The zero-order valence-electron chi connectivity index (χ0n) is 29.4. The lowest BCUT2D eigenvalue weighted by atomic mass is 9.98. The number of benzene rings is 3. The second-order valence-electron chi connectivity index (χ2n) is 12.6. The maximum absolute atomic E-state index is 13.0. The van der Waals surface area contributed by atoms with Crippen LogP contribution >= 0.6 is 0 Å². The summed E-state index contributed by atoms with van der Waals surface area (Å²) in [4.78, 5) is 38.2. The molecule has 0 amide bonds. The molecule has 0 aromatic heterocycles. The quantitative estimate of drug-likeness (QED) is 0.0629. The first-order chi connectivity index (χ1) is 26.8. The van der Waals surface area contributed by atoms with E-state index in [2.05, 4.69) is 0 Å². The fraction of sp³-hybridized carbons (Fsp3) is 0.308. The summed E-state index contributed by atoms with van der Waals surface area (Å²) in [5.41, 5.74) is 1.53. The molecule has 5 rings (SSSR count). The van der Waals surface area contributed by atoms with Crippen LogP contribution in [0.3, 0.4) is 0 Å². The van der Waals surface area contributed by atoms with Crippen LogP contribution in [-0.2, 0) is 42.8 Å². The van der Waals surface area contributed by atoms with Gasteiger partial charge in [0.1, 0.15) is 61.0 Å². The van der Waals surface area contributed by atoms with E-state index in [1.165, 1.54) is 91.0 Å². The number of phenols is 3. The number of hydrogen-bond donors (Lipinski definition) is 8. The van der Waals surface area contributed by atoms with Crippen LogP contribution in [0.4, 0.5) is 0 Å². The third kappa shape index (κ3) is 10.6. The Bertz CT molecular complexity index is 1870. The number of carbonyl (C=O) groups excluding carboxylic acids is 3. The van der Waals surface area contributed by atoms with Gasteiger partial charge in [0.15, 0.2) is 12.2 Å². The standard InChI is InChI=1S/C39H40O17/c40-19-28-35(53-31(46)17-8-23-3-12-26(43)13-4-23)37(50)39(21-41,55-28)56-38-36(54-32(47)18-9-24-5-14-27(44)15-6-24)34(49)33(48)29(52-38)20-51-30(45)16-7-22-1-10-25(42)11-2-22/h1-18,28-29,33-38,40-44,48-50H,19-21H2/b16-7+,17-8+,18-9+. The number of rotatable bonds is 14. The van der Waals surface area contributed by atoms with Gasteiger partial charge in [-0.25, -0.2) is 14.4 Å². The van der Waals surface area contributed by atoms with Crippen molar-refractivity contribution in [3.05, 3.63) is 108 Å². The van der Waals surface area contributed by atoms with Crippen LogP contribution in [-0.4, -0.2) is 133 Å². The molecule has 0 saturated carbocycles. The minimum absolute atomic E-state index is 0.0000660. The molecule has 2 aliphatic rings. The lowest BCUT2D eigenvalue weighted by Gasteiger charge is -2.44. The Balaban J connectivity index is 1.34. The Labute approximate surface area is 319 Å². The lowest BCUT2D eigenvalue weighted by molar-refractivity contribution is -0.383. The van der Waals surface area contributed by atoms with Crippen LogP contribution in [0.2, 0.25) is 0 Å². The Hall–Kier alpha value is -5.63. The summed E-state index contributed by atoms with van der Waals surface area (Å²) in [6.45, 7) is -2.73. The van der Waals surface area contributed by atoms with Crippen molar-refractivity contribution in [3.63, 3.8) is 0 Å². The molecule has 0 spiro atoms. The van der Waals surface area contributed by atoms with Crippen molar-refractivity contribution in [1.29, 1.82) is 0 Å². The number of esters is 3. The second-order valence-corrected chi connectivity index (χ2v) is 12.6. The number of aliphatic hydroxyl groups excluding tert-OH is 5. The smallest absolute Gasteiger partial charge is 0.331 e. The molecule has 9 unspecified atom stereocenters. The summed E-state index contributed by atoms with van der Waals surface area (Å²) in [5, 5.41) is 82.6. The molecule has 0 radical (unpaired) electrons. The highest BCUT2D eigenvalue weighted by atomic mass is 16.8. The van der Waals surface area contributed by atoms with E-state index in [-0.39, 0.29) is 17.2 Å². The fourth-order valence-corrected chi connectivity index (χ4v) is 5.66. The maximum atomic E-state index is 13.0. The predicted molar refractivity (Wildman–Crippen MR) is 192 cm³/mol. The SMILES string of the molecule is O=C(/C=C/c1ccc(O)cc1)OCC1OC(OC2(CO)OC(CO)C(OC(=O)/C=C/c3ccc(O)cc3)C2O)C(OC(=O)/C=C/c2ccc(O)cc2)C(O)C1O. The summed E-state index contributed by atoms with van der Waals surface area (Å²) in [7, 11) is 0. The van der Waals surface area contributed by atoms with Crippen LogP contribution in [0.15, 0.2) is 91.0 Å². The van der Waals surface area contributed by atoms with Crippen LogP contribution < -0.4 is 0 Å². The Kier molecular flexibility index (Phi) is 13.9. The summed E-state index contributed by atoms with van der Waals surface area (Å²) in [5.74, 6) is -5.55. The van der Waals surface area contributed by atoms with E-state index in [0.29, 0.717) is 16.7 Å². The maximum Gasteiger partial charge on any atom is 0.331 e. The van der Waals surface area contributed by atoms with Gasteiger partial charge in [0.05, 0.1) is 6.61 Å².